The minimum Gasteiger partial charge on any atom is -0.463 e. The van der Waals surface area contributed by atoms with Crippen molar-refractivity contribution in [2.75, 3.05) is 6.61 Å². The van der Waals surface area contributed by atoms with Crippen molar-refractivity contribution in [1.29, 1.82) is 0 Å². The summed E-state index contributed by atoms with van der Waals surface area (Å²) in [4.78, 5) is 11.8. The van der Waals surface area contributed by atoms with Gasteiger partial charge >= 0.3 is 5.97 Å². The summed E-state index contributed by atoms with van der Waals surface area (Å²) in [5.74, 6) is -0.419. The number of allylic oxidation sites excluding steroid dienone is 2. The minimum atomic E-state index is -0.340. The first-order valence-corrected chi connectivity index (χ1v) is 6.42. The average Bonchev–Trinajstić information content (AvgIpc) is 2.37. The molecule has 0 aliphatic heterocycles. The van der Waals surface area contributed by atoms with Crippen molar-refractivity contribution < 1.29 is 9.53 Å². The Balaban J connectivity index is 2.85. The van der Waals surface area contributed by atoms with Gasteiger partial charge in [-0.05, 0) is 19.4 Å². The molecule has 0 aromatic heterocycles. The molecule has 2 N–H and O–H groups in total. The lowest BCUT2D eigenvalue weighted by Crippen LogP contribution is -2.17. The van der Waals surface area contributed by atoms with Crippen molar-refractivity contribution in [3.05, 3.63) is 53.2 Å². The number of carbonyl (C=O) groups is 1. The van der Waals surface area contributed by atoms with Crippen LogP contribution in [0.3, 0.4) is 0 Å². The highest BCUT2D eigenvalue weighted by molar-refractivity contribution is 5.90. The number of carbonyl (C=O) groups excluding carboxylic acids is 1. The summed E-state index contributed by atoms with van der Waals surface area (Å²) in [5.41, 5.74) is 7.90. The highest BCUT2D eigenvalue weighted by Gasteiger charge is 2.18. The maximum atomic E-state index is 11.8. The molecule has 1 rings (SSSR count). The molecule has 0 aliphatic carbocycles. The number of hydrogen-bond donors (Lipinski definition) is 1. The van der Waals surface area contributed by atoms with E-state index in [1.807, 2.05) is 49.4 Å². The molecule has 19 heavy (non-hydrogen) atoms. The van der Waals surface area contributed by atoms with E-state index < -0.39 is 0 Å². The Labute approximate surface area is 114 Å². The van der Waals surface area contributed by atoms with E-state index in [0.29, 0.717) is 17.9 Å². The normalized spacial score (nSPS) is 14.1. The lowest BCUT2D eigenvalue weighted by molar-refractivity contribution is -0.139. The third-order valence-electron chi connectivity index (χ3n) is 2.75. The predicted molar refractivity (Wildman–Crippen MR) is 78.2 cm³/mol. The van der Waals surface area contributed by atoms with Gasteiger partial charge in [-0.3, -0.25) is 0 Å². The SMILES string of the molecule is CCOC(=O)C(=C(C)N)C(C)C=Cc1ccccc1. The Morgan fingerprint density at radius 2 is 2.00 bits per heavy atom. The van der Waals surface area contributed by atoms with Gasteiger partial charge in [-0.15, -0.1) is 0 Å². The first-order chi connectivity index (χ1) is 9.06. The molecule has 1 unspecified atom stereocenters. The Kier molecular flexibility index (Phi) is 5.86. The largest absolute Gasteiger partial charge is 0.463 e. The Morgan fingerprint density at radius 3 is 2.53 bits per heavy atom. The fraction of sp³-hybridized carbons (Fsp3) is 0.312. The molecule has 102 valence electrons. The number of rotatable bonds is 5. The summed E-state index contributed by atoms with van der Waals surface area (Å²) >= 11 is 0. The second-order valence-corrected chi connectivity index (χ2v) is 4.38. The van der Waals surface area contributed by atoms with Gasteiger partial charge in [0.1, 0.15) is 0 Å². The van der Waals surface area contributed by atoms with Crippen LogP contribution in [0.1, 0.15) is 26.3 Å². The van der Waals surface area contributed by atoms with Gasteiger partial charge in [-0.25, -0.2) is 4.79 Å². The lowest BCUT2D eigenvalue weighted by Gasteiger charge is -2.13. The summed E-state index contributed by atoms with van der Waals surface area (Å²) in [6.07, 6.45) is 3.94. The van der Waals surface area contributed by atoms with E-state index in [1.165, 1.54) is 0 Å². The highest BCUT2D eigenvalue weighted by Crippen LogP contribution is 2.18. The van der Waals surface area contributed by atoms with Crippen LogP contribution in [0.5, 0.6) is 0 Å². The fourth-order valence-electron chi connectivity index (χ4n) is 1.83. The molecule has 0 radical (unpaired) electrons. The van der Waals surface area contributed by atoms with Gasteiger partial charge in [0.25, 0.3) is 0 Å². The molecule has 0 aliphatic rings. The number of hydrogen-bond acceptors (Lipinski definition) is 3. The van der Waals surface area contributed by atoms with E-state index in [2.05, 4.69) is 0 Å². The topological polar surface area (TPSA) is 52.3 Å². The first-order valence-electron chi connectivity index (χ1n) is 6.42. The monoisotopic (exact) mass is 259 g/mol. The zero-order valence-electron chi connectivity index (χ0n) is 11.7. The third kappa shape index (κ3) is 4.62. The van der Waals surface area contributed by atoms with Crippen LogP contribution in [0, 0.1) is 5.92 Å². The standard InChI is InChI=1S/C16H21NO2/c1-4-19-16(18)15(13(3)17)12(2)10-11-14-8-6-5-7-9-14/h5-12H,4,17H2,1-3H3. The summed E-state index contributed by atoms with van der Waals surface area (Å²) < 4.78 is 5.03. The van der Waals surface area contributed by atoms with Crippen LogP contribution >= 0.6 is 0 Å². The molecule has 0 fully saturated rings. The van der Waals surface area contributed by atoms with Crippen molar-refractivity contribution in [3.8, 4) is 0 Å². The average molecular weight is 259 g/mol. The smallest absolute Gasteiger partial charge is 0.336 e. The summed E-state index contributed by atoms with van der Waals surface area (Å²) in [5, 5.41) is 0. The minimum absolute atomic E-state index is 0.0794. The zero-order valence-corrected chi connectivity index (χ0v) is 11.7. The molecular formula is C16H21NO2. The van der Waals surface area contributed by atoms with Crippen LogP contribution in [-0.4, -0.2) is 12.6 Å². The Morgan fingerprint density at radius 1 is 1.37 bits per heavy atom. The van der Waals surface area contributed by atoms with E-state index in [0.717, 1.165) is 5.56 Å². The van der Waals surface area contributed by atoms with E-state index in [4.69, 9.17) is 10.5 Å². The van der Waals surface area contributed by atoms with E-state index in [-0.39, 0.29) is 11.9 Å². The molecule has 1 aromatic rings. The quantitative estimate of drug-likeness (QED) is 0.653. The van der Waals surface area contributed by atoms with Crippen molar-refractivity contribution in [2.45, 2.75) is 20.8 Å². The molecule has 0 saturated heterocycles. The maximum absolute atomic E-state index is 11.8. The second-order valence-electron chi connectivity index (χ2n) is 4.38. The van der Waals surface area contributed by atoms with Crippen LogP contribution in [-0.2, 0) is 9.53 Å². The van der Waals surface area contributed by atoms with E-state index in [9.17, 15) is 4.79 Å². The highest BCUT2D eigenvalue weighted by atomic mass is 16.5. The van der Waals surface area contributed by atoms with Crippen molar-refractivity contribution in [2.24, 2.45) is 11.7 Å². The van der Waals surface area contributed by atoms with Crippen molar-refractivity contribution in [1.82, 2.24) is 0 Å². The molecule has 3 heteroatoms. The second kappa shape index (κ2) is 7.41. The number of nitrogens with two attached hydrogens (primary N) is 1. The van der Waals surface area contributed by atoms with Gasteiger partial charge in [-0.1, -0.05) is 49.4 Å². The first kappa shape index (κ1) is 15.0. The van der Waals surface area contributed by atoms with Gasteiger partial charge in [0, 0.05) is 11.6 Å². The van der Waals surface area contributed by atoms with Crippen molar-refractivity contribution in [3.63, 3.8) is 0 Å². The molecular weight excluding hydrogens is 238 g/mol. The number of esters is 1. The number of ether oxygens (including phenoxy) is 1. The third-order valence-corrected chi connectivity index (χ3v) is 2.75. The predicted octanol–water partition coefficient (Wildman–Crippen LogP) is 3.13. The lowest BCUT2D eigenvalue weighted by atomic mass is 9.98. The summed E-state index contributed by atoms with van der Waals surface area (Å²) in [6.45, 7) is 5.79. The van der Waals surface area contributed by atoms with Gasteiger partial charge in [0.2, 0.25) is 0 Å². The van der Waals surface area contributed by atoms with Gasteiger partial charge < -0.3 is 10.5 Å². The molecule has 0 spiro atoms. The molecule has 0 saturated carbocycles. The molecule has 1 aromatic carbocycles. The van der Waals surface area contributed by atoms with Gasteiger partial charge in [0.15, 0.2) is 0 Å². The molecule has 0 amide bonds. The Hall–Kier alpha value is -2.03. The van der Waals surface area contributed by atoms with Gasteiger partial charge in [-0.2, -0.15) is 0 Å². The van der Waals surface area contributed by atoms with E-state index >= 15 is 0 Å². The fourth-order valence-corrected chi connectivity index (χ4v) is 1.83. The molecule has 3 nitrogen and oxygen atoms in total. The van der Waals surface area contributed by atoms with Crippen LogP contribution in [0.2, 0.25) is 0 Å². The van der Waals surface area contributed by atoms with E-state index in [1.54, 1.807) is 13.8 Å². The Bertz CT molecular complexity index is 471. The van der Waals surface area contributed by atoms with Crippen LogP contribution in [0.15, 0.2) is 47.7 Å². The summed E-state index contributed by atoms with van der Waals surface area (Å²) in [6, 6.07) is 9.93. The van der Waals surface area contributed by atoms with Crippen molar-refractivity contribution >= 4 is 12.0 Å². The van der Waals surface area contributed by atoms with Crippen LogP contribution < -0.4 is 5.73 Å². The summed E-state index contributed by atoms with van der Waals surface area (Å²) in [7, 11) is 0. The molecule has 1 atom stereocenters. The van der Waals surface area contributed by atoms with Crippen LogP contribution in [0.25, 0.3) is 6.08 Å². The molecule has 0 heterocycles. The maximum Gasteiger partial charge on any atom is 0.336 e. The van der Waals surface area contributed by atoms with Gasteiger partial charge in [0.05, 0.1) is 12.2 Å². The molecule has 0 bridgehead atoms. The zero-order chi connectivity index (χ0) is 14.3. The van der Waals surface area contributed by atoms with Crippen LogP contribution in [0.4, 0.5) is 0 Å². The number of benzene rings is 1.